The molecule has 1 fully saturated rings. The molecule has 132 valence electrons. The van der Waals surface area contributed by atoms with Crippen molar-refractivity contribution < 1.29 is 39.8 Å². The smallest absolute Gasteiger partial charge is 0.260 e. The van der Waals surface area contributed by atoms with Crippen molar-refractivity contribution >= 4 is 11.9 Å². The molecule has 0 saturated carbocycles. The van der Waals surface area contributed by atoms with Gasteiger partial charge >= 0.3 is 0 Å². The monoisotopic (exact) mass is 340 g/mol. The van der Waals surface area contributed by atoms with Gasteiger partial charge in [0.05, 0.1) is 13.7 Å². The molecule has 1 aliphatic heterocycles. The average molecular weight is 340 g/mol. The zero-order valence-electron chi connectivity index (χ0n) is 12.9. The molecule has 5 N–H and O–H groups in total. The van der Waals surface area contributed by atoms with Crippen LogP contribution < -0.4 is 4.74 Å². The standard InChI is InChI=1S/C16H20O8/c1-23-10-4-2-3-9(7-10)5-6-12(18)16(22)15(21)14(20)13(19)11(8-17)24-16/h2-7,11,13-15,17,19-22H,8H2,1H3/t11-,13-,14+,15-,16-/m1/s1. The predicted octanol–water partition coefficient (Wildman–Crippen LogP) is -1.56. The largest absolute Gasteiger partial charge is 0.497 e. The predicted molar refractivity (Wildman–Crippen MR) is 82.0 cm³/mol. The maximum absolute atomic E-state index is 12.2. The van der Waals surface area contributed by atoms with Crippen molar-refractivity contribution in [2.24, 2.45) is 0 Å². The first-order valence-electron chi connectivity index (χ1n) is 7.25. The van der Waals surface area contributed by atoms with E-state index in [2.05, 4.69) is 0 Å². The fourth-order valence-corrected chi connectivity index (χ4v) is 2.39. The van der Waals surface area contributed by atoms with Crippen LogP contribution in [-0.2, 0) is 9.53 Å². The second-order valence-corrected chi connectivity index (χ2v) is 5.44. The van der Waals surface area contributed by atoms with Crippen LogP contribution in [0.15, 0.2) is 30.3 Å². The normalized spacial score (nSPS) is 33.6. The van der Waals surface area contributed by atoms with Crippen LogP contribution in [0.25, 0.3) is 6.08 Å². The molecular weight excluding hydrogens is 320 g/mol. The summed E-state index contributed by atoms with van der Waals surface area (Å²) in [5.74, 6) is -3.25. The molecule has 5 atom stereocenters. The zero-order chi connectivity index (χ0) is 17.9. The summed E-state index contributed by atoms with van der Waals surface area (Å²) in [5.41, 5.74) is 0.593. The molecule has 2 rings (SSSR count). The summed E-state index contributed by atoms with van der Waals surface area (Å²) in [7, 11) is 1.49. The Morgan fingerprint density at radius 3 is 2.67 bits per heavy atom. The molecule has 24 heavy (non-hydrogen) atoms. The second-order valence-electron chi connectivity index (χ2n) is 5.44. The Balaban J connectivity index is 2.21. The van der Waals surface area contributed by atoms with Crippen molar-refractivity contribution in [1.29, 1.82) is 0 Å². The first-order valence-corrected chi connectivity index (χ1v) is 7.25. The van der Waals surface area contributed by atoms with Crippen LogP contribution in [0.4, 0.5) is 0 Å². The Bertz CT molecular complexity index is 614. The highest BCUT2D eigenvalue weighted by atomic mass is 16.7. The van der Waals surface area contributed by atoms with Crippen molar-refractivity contribution in [2.45, 2.75) is 30.2 Å². The molecule has 1 aliphatic rings. The minimum absolute atomic E-state index is 0.566. The van der Waals surface area contributed by atoms with Gasteiger partial charge in [-0.15, -0.1) is 0 Å². The molecule has 1 aromatic carbocycles. The lowest BCUT2D eigenvalue weighted by atomic mass is 9.90. The molecule has 0 aromatic heterocycles. The molecule has 0 radical (unpaired) electrons. The quantitative estimate of drug-likeness (QED) is 0.406. The highest BCUT2D eigenvalue weighted by Crippen LogP contribution is 2.29. The van der Waals surface area contributed by atoms with E-state index in [0.29, 0.717) is 11.3 Å². The first-order chi connectivity index (χ1) is 11.3. The van der Waals surface area contributed by atoms with Gasteiger partial charge in [0, 0.05) is 0 Å². The van der Waals surface area contributed by atoms with Crippen molar-refractivity contribution in [2.75, 3.05) is 13.7 Å². The topological polar surface area (TPSA) is 137 Å². The Labute approximate surface area is 138 Å². The molecule has 0 spiro atoms. The van der Waals surface area contributed by atoms with E-state index in [9.17, 15) is 25.2 Å². The van der Waals surface area contributed by atoms with Crippen molar-refractivity contribution in [3.8, 4) is 5.75 Å². The van der Waals surface area contributed by atoms with Gasteiger partial charge in [-0.3, -0.25) is 4.79 Å². The molecule has 8 nitrogen and oxygen atoms in total. The first kappa shape index (κ1) is 18.5. The molecule has 0 amide bonds. The zero-order valence-corrected chi connectivity index (χ0v) is 12.9. The third-order valence-electron chi connectivity index (χ3n) is 3.84. The van der Waals surface area contributed by atoms with E-state index in [1.807, 2.05) is 0 Å². The summed E-state index contributed by atoms with van der Waals surface area (Å²) in [5, 5.41) is 48.7. The van der Waals surface area contributed by atoms with Crippen molar-refractivity contribution in [1.82, 2.24) is 0 Å². The second kappa shape index (κ2) is 7.39. The van der Waals surface area contributed by atoms with E-state index in [0.717, 1.165) is 6.08 Å². The number of ketones is 1. The highest BCUT2D eigenvalue weighted by molar-refractivity contribution is 5.99. The van der Waals surface area contributed by atoms with Gasteiger partial charge < -0.3 is 35.0 Å². The van der Waals surface area contributed by atoms with Crippen LogP contribution in [0.1, 0.15) is 5.56 Å². The van der Waals surface area contributed by atoms with Gasteiger partial charge in [0.2, 0.25) is 5.78 Å². The molecule has 1 aromatic rings. The van der Waals surface area contributed by atoms with E-state index in [1.54, 1.807) is 24.3 Å². The lowest BCUT2D eigenvalue weighted by Crippen LogP contribution is -2.67. The SMILES string of the molecule is COc1cccc(C=CC(=O)[C@@]2(O)O[C@H](CO)[C@@H](O)[C@H](O)[C@H]2O)c1. The van der Waals surface area contributed by atoms with E-state index in [4.69, 9.17) is 14.6 Å². The maximum Gasteiger partial charge on any atom is 0.260 e. The molecule has 1 heterocycles. The van der Waals surface area contributed by atoms with Crippen LogP contribution in [0.2, 0.25) is 0 Å². The van der Waals surface area contributed by atoms with Crippen LogP contribution in [0.3, 0.4) is 0 Å². The van der Waals surface area contributed by atoms with Gasteiger partial charge in [0.1, 0.15) is 30.2 Å². The van der Waals surface area contributed by atoms with E-state index >= 15 is 0 Å². The highest BCUT2D eigenvalue weighted by Gasteiger charge is 2.56. The van der Waals surface area contributed by atoms with E-state index < -0.39 is 42.6 Å². The van der Waals surface area contributed by atoms with Crippen LogP contribution in [0.5, 0.6) is 5.75 Å². The van der Waals surface area contributed by atoms with Crippen LogP contribution >= 0.6 is 0 Å². The van der Waals surface area contributed by atoms with Crippen LogP contribution in [-0.4, -0.2) is 75.2 Å². The number of rotatable bonds is 5. The van der Waals surface area contributed by atoms with Gasteiger partial charge in [-0.25, -0.2) is 0 Å². The summed E-state index contributed by atoms with van der Waals surface area (Å²) in [4.78, 5) is 12.2. The summed E-state index contributed by atoms with van der Waals surface area (Å²) < 4.78 is 9.98. The van der Waals surface area contributed by atoms with E-state index in [1.165, 1.54) is 13.2 Å². The molecule has 1 saturated heterocycles. The fraction of sp³-hybridized carbons (Fsp3) is 0.438. The Morgan fingerprint density at radius 1 is 1.33 bits per heavy atom. The lowest BCUT2D eigenvalue weighted by molar-refractivity contribution is -0.329. The Hall–Kier alpha value is -1.81. The summed E-state index contributed by atoms with van der Waals surface area (Å²) in [6, 6.07) is 6.74. The van der Waals surface area contributed by atoms with E-state index in [-0.39, 0.29) is 0 Å². The minimum atomic E-state index is -2.78. The summed E-state index contributed by atoms with van der Waals surface area (Å²) >= 11 is 0. The fourth-order valence-electron chi connectivity index (χ4n) is 2.39. The summed E-state index contributed by atoms with van der Waals surface area (Å²) in [6.07, 6.45) is -4.64. The number of hydrogen-bond donors (Lipinski definition) is 5. The number of hydrogen-bond acceptors (Lipinski definition) is 8. The van der Waals surface area contributed by atoms with Gasteiger partial charge in [0.15, 0.2) is 0 Å². The number of aliphatic hydroxyl groups excluding tert-OH is 4. The number of methoxy groups -OCH3 is 1. The lowest BCUT2D eigenvalue weighted by Gasteiger charge is -2.43. The van der Waals surface area contributed by atoms with Crippen molar-refractivity contribution in [3.05, 3.63) is 35.9 Å². The van der Waals surface area contributed by atoms with Crippen LogP contribution in [0, 0.1) is 0 Å². The third kappa shape index (κ3) is 3.48. The van der Waals surface area contributed by atoms with Gasteiger partial charge in [-0.1, -0.05) is 18.2 Å². The average Bonchev–Trinajstić information content (AvgIpc) is 2.61. The summed E-state index contributed by atoms with van der Waals surface area (Å²) in [6.45, 7) is -0.750. The number of ether oxygens (including phenoxy) is 2. The number of carbonyl (C=O) groups is 1. The number of carbonyl (C=O) groups excluding carboxylic acids is 1. The maximum atomic E-state index is 12.2. The third-order valence-corrected chi connectivity index (χ3v) is 3.84. The molecular formula is C16H20O8. The minimum Gasteiger partial charge on any atom is -0.497 e. The number of benzene rings is 1. The van der Waals surface area contributed by atoms with Crippen molar-refractivity contribution in [3.63, 3.8) is 0 Å². The van der Waals surface area contributed by atoms with Gasteiger partial charge in [0.25, 0.3) is 5.79 Å². The molecule has 8 heteroatoms. The van der Waals surface area contributed by atoms with Gasteiger partial charge in [-0.2, -0.15) is 0 Å². The molecule has 0 bridgehead atoms. The molecule has 0 unspecified atom stereocenters. The Morgan fingerprint density at radius 2 is 2.04 bits per heavy atom. The molecule has 0 aliphatic carbocycles. The Kier molecular flexibility index (Phi) is 5.70. The number of aliphatic hydroxyl groups is 5. The van der Waals surface area contributed by atoms with Gasteiger partial charge in [-0.05, 0) is 23.8 Å².